The Bertz CT molecular complexity index is 266. The zero-order chi connectivity index (χ0) is 12.5. The molecule has 1 saturated heterocycles. The van der Waals surface area contributed by atoms with Gasteiger partial charge in [-0.3, -0.25) is 9.69 Å². The average molecular weight is 228 g/mol. The first-order chi connectivity index (χ1) is 7.35. The van der Waals surface area contributed by atoms with Crippen LogP contribution in [-0.4, -0.2) is 58.6 Å². The predicted octanol–water partition coefficient (Wildman–Crippen LogP) is 0.698. The van der Waals surface area contributed by atoms with E-state index in [1.54, 1.807) is 0 Å². The Morgan fingerprint density at radius 2 is 2.12 bits per heavy atom. The molecule has 0 aromatic rings. The van der Waals surface area contributed by atoms with Gasteiger partial charge in [0.25, 0.3) is 0 Å². The van der Waals surface area contributed by atoms with Crippen LogP contribution in [0.5, 0.6) is 0 Å². The van der Waals surface area contributed by atoms with E-state index >= 15 is 0 Å². The van der Waals surface area contributed by atoms with Crippen LogP contribution in [0.3, 0.4) is 0 Å². The molecule has 0 bridgehead atoms. The summed E-state index contributed by atoms with van der Waals surface area (Å²) in [5, 5.41) is 9.35. The minimum absolute atomic E-state index is 0.0543. The lowest BCUT2D eigenvalue weighted by Crippen LogP contribution is -2.67. The fourth-order valence-corrected chi connectivity index (χ4v) is 2.18. The second-order valence-corrected chi connectivity index (χ2v) is 5.35. The van der Waals surface area contributed by atoms with Crippen molar-refractivity contribution in [3.8, 4) is 0 Å². The summed E-state index contributed by atoms with van der Waals surface area (Å²) >= 11 is 0. The highest BCUT2D eigenvalue weighted by molar-refractivity contribution is 5.83. The zero-order valence-corrected chi connectivity index (χ0v) is 11.0. The van der Waals surface area contributed by atoms with E-state index in [1.165, 1.54) is 0 Å². The molecular weight excluding hydrogens is 204 g/mol. The van der Waals surface area contributed by atoms with E-state index in [0.717, 1.165) is 13.0 Å². The molecular formula is C12H24N2O2. The molecule has 0 radical (unpaired) electrons. The number of rotatable bonds is 3. The molecule has 0 aromatic carbocycles. The third-order valence-electron chi connectivity index (χ3n) is 3.84. The summed E-state index contributed by atoms with van der Waals surface area (Å²) in [4.78, 5) is 16.1. The number of carbonyl (C=O) groups is 1. The molecule has 16 heavy (non-hydrogen) atoms. The highest BCUT2D eigenvalue weighted by Crippen LogP contribution is 2.26. The van der Waals surface area contributed by atoms with E-state index in [-0.39, 0.29) is 24.1 Å². The number of hydrogen-bond acceptors (Lipinski definition) is 3. The zero-order valence-electron chi connectivity index (χ0n) is 11.0. The Morgan fingerprint density at radius 1 is 1.56 bits per heavy atom. The van der Waals surface area contributed by atoms with E-state index < -0.39 is 6.04 Å². The monoisotopic (exact) mass is 228 g/mol. The van der Waals surface area contributed by atoms with Crippen molar-refractivity contribution in [1.82, 2.24) is 9.80 Å². The molecule has 2 unspecified atom stereocenters. The van der Waals surface area contributed by atoms with Crippen LogP contribution in [-0.2, 0) is 4.79 Å². The summed E-state index contributed by atoms with van der Waals surface area (Å²) in [7, 11) is 1.91. The van der Waals surface area contributed by atoms with Gasteiger partial charge in [0.15, 0.2) is 0 Å². The second kappa shape index (κ2) is 4.72. The maximum absolute atomic E-state index is 12.2. The normalized spacial score (nSPS) is 28.2. The molecule has 4 heteroatoms. The molecule has 1 amide bonds. The van der Waals surface area contributed by atoms with Crippen molar-refractivity contribution in [3.05, 3.63) is 0 Å². The van der Waals surface area contributed by atoms with Crippen molar-refractivity contribution >= 4 is 5.91 Å². The lowest BCUT2D eigenvalue weighted by atomic mass is 9.94. The van der Waals surface area contributed by atoms with Gasteiger partial charge in [-0.25, -0.2) is 0 Å². The van der Waals surface area contributed by atoms with Gasteiger partial charge in [0.1, 0.15) is 6.04 Å². The van der Waals surface area contributed by atoms with Gasteiger partial charge >= 0.3 is 0 Å². The molecule has 1 fully saturated rings. The standard InChI is InChI=1S/C12H24N2O2/c1-6-9(2)14-8-12(3,4)13(5)10(7-15)11(14)16/h9-10,15H,6-8H2,1-5H3. The summed E-state index contributed by atoms with van der Waals surface area (Å²) in [5.74, 6) is 0.0543. The summed E-state index contributed by atoms with van der Waals surface area (Å²) in [5.41, 5.74) is -0.0786. The Morgan fingerprint density at radius 3 is 2.56 bits per heavy atom. The van der Waals surface area contributed by atoms with Gasteiger partial charge in [-0.15, -0.1) is 0 Å². The highest BCUT2D eigenvalue weighted by atomic mass is 16.3. The van der Waals surface area contributed by atoms with E-state index in [9.17, 15) is 9.90 Å². The van der Waals surface area contributed by atoms with Gasteiger partial charge in [-0.2, -0.15) is 0 Å². The van der Waals surface area contributed by atoms with Gasteiger partial charge < -0.3 is 10.0 Å². The van der Waals surface area contributed by atoms with Crippen LogP contribution in [0, 0.1) is 0 Å². The molecule has 2 atom stereocenters. The molecule has 0 aliphatic carbocycles. The van der Waals surface area contributed by atoms with E-state index in [1.807, 2.05) is 16.8 Å². The van der Waals surface area contributed by atoms with Crippen LogP contribution in [0.1, 0.15) is 34.1 Å². The molecule has 94 valence electrons. The van der Waals surface area contributed by atoms with Crippen LogP contribution in [0.4, 0.5) is 0 Å². The van der Waals surface area contributed by atoms with Crippen molar-refractivity contribution in [3.63, 3.8) is 0 Å². The lowest BCUT2D eigenvalue weighted by molar-refractivity contribution is -0.153. The minimum atomic E-state index is -0.391. The van der Waals surface area contributed by atoms with Crippen molar-refractivity contribution in [2.24, 2.45) is 0 Å². The number of aliphatic hydroxyl groups is 1. The summed E-state index contributed by atoms with van der Waals surface area (Å²) in [6.07, 6.45) is 0.948. The number of hydrogen-bond donors (Lipinski definition) is 1. The first-order valence-electron chi connectivity index (χ1n) is 5.99. The summed E-state index contributed by atoms with van der Waals surface area (Å²) < 4.78 is 0. The van der Waals surface area contributed by atoms with Crippen LogP contribution in [0.15, 0.2) is 0 Å². The van der Waals surface area contributed by atoms with Crippen molar-refractivity contribution < 1.29 is 9.90 Å². The predicted molar refractivity (Wildman–Crippen MR) is 64.2 cm³/mol. The fourth-order valence-electron chi connectivity index (χ4n) is 2.18. The Hall–Kier alpha value is -0.610. The van der Waals surface area contributed by atoms with E-state index in [4.69, 9.17) is 0 Å². The number of carbonyl (C=O) groups excluding carboxylic acids is 1. The largest absolute Gasteiger partial charge is 0.394 e. The summed E-state index contributed by atoms with van der Waals surface area (Å²) in [6.45, 7) is 8.99. The minimum Gasteiger partial charge on any atom is -0.394 e. The topological polar surface area (TPSA) is 43.8 Å². The lowest BCUT2D eigenvalue weighted by Gasteiger charge is -2.50. The molecule has 1 aliphatic heterocycles. The van der Waals surface area contributed by atoms with Gasteiger partial charge in [-0.05, 0) is 34.2 Å². The molecule has 1 aliphatic rings. The second-order valence-electron chi connectivity index (χ2n) is 5.35. The van der Waals surface area contributed by atoms with Crippen LogP contribution < -0.4 is 0 Å². The number of nitrogens with zero attached hydrogens (tertiary/aromatic N) is 2. The molecule has 0 saturated carbocycles. The van der Waals surface area contributed by atoms with Gasteiger partial charge in [0.2, 0.25) is 5.91 Å². The number of likely N-dealkylation sites (N-methyl/N-ethyl adjacent to an activating group) is 1. The molecule has 0 aromatic heterocycles. The van der Waals surface area contributed by atoms with Gasteiger partial charge in [0.05, 0.1) is 6.61 Å². The molecule has 1 rings (SSSR count). The molecule has 4 nitrogen and oxygen atoms in total. The van der Waals surface area contributed by atoms with Crippen molar-refractivity contribution in [1.29, 1.82) is 0 Å². The SMILES string of the molecule is CCC(C)N1CC(C)(C)N(C)C(CO)C1=O. The van der Waals surface area contributed by atoms with E-state index in [2.05, 4.69) is 27.7 Å². The smallest absolute Gasteiger partial charge is 0.242 e. The number of amides is 1. The number of piperazine rings is 1. The maximum atomic E-state index is 12.2. The maximum Gasteiger partial charge on any atom is 0.242 e. The Kier molecular flexibility index (Phi) is 3.97. The fraction of sp³-hybridized carbons (Fsp3) is 0.917. The summed E-state index contributed by atoms with van der Waals surface area (Å²) in [6, 6.07) is -0.146. The third kappa shape index (κ3) is 2.23. The third-order valence-corrected chi connectivity index (χ3v) is 3.84. The van der Waals surface area contributed by atoms with Gasteiger partial charge in [0, 0.05) is 18.1 Å². The highest BCUT2D eigenvalue weighted by Gasteiger charge is 2.43. The first kappa shape index (κ1) is 13.5. The van der Waals surface area contributed by atoms with Crippen LogP contribution in [0.25, 0.3) is 0 Å². The molecule has 0 spiro atoms. The van der Waals surface area contributed by atoms with Crippen LogP contribution >= 0.6 is 0 Å². The first-order valence-corrected chi connectivity index (χ1v) is 5.99. The molecule has 1 heterocycles. The van der Waals surface area contributed by atoms with Gasteiger partial charge in [-0.1, -0.05) is 6.92 Å². The Labute approximate surface area is 98.2 Å². The Balaban J connectivity index is 2.94. The number of aliphatic hydroxyl groups excluding tert-OH is 1. The van der Waals surface area contributed by atoms with Crippen molar-refractivity contribution in [2.45, 2.75) is 51.7 Å². The van der Waals surface area contributed by atoms with E-state index in [0.29, 0.717) is 0 Å². The quantitative estimate of drug-likeness (QED) is 0.773. The van der Waals surface area contributed by atoms with Crippen molar-refractivity contribution in [2.75, 3.05) is 20.2 Å². The van der Waals surface area contributed by atoms with Crippen LogP contribution in [0.2, 0.25) is 0 Å². The average Bonchev–Trinajstić information content (AvgIpc) is 2.24. The molecule has 1 N–H and O–H groups in total.